The molecule has 0 radical (unpaired) electrons. The Bertz CT molecular complexity index is 1410. The summed E-state index contributed by atoms with van der Waals surface area (Å²) in [5.41, 5.74) is 1.96. The van der Waals surface area contributed by atoms with Gasteiger partial charge in [0.15, 0.2) is 0 Å². The van der Waals surface area contributed by atoms with E-state index in [9.17, 15) is 18.8 Å². The Labute approximate surface area is 204 Å². The van der Waals surface area contributed by atoms with Crippen molar-refractivity contribution in [2.24, 2.45) is 16.9 Å². The van der Waals surface area contributed by atoms with Crippen LogP contribution in [-0.4, -0.2) is 35.0 Å². The Kier molecular flexibility index (Phi) is 4.93. The SMILES string of the molecule is O=C(Nc1ccc(Cl)cc1)C1C2C(=O)N(c3ccccc3F)C(=O)C2C2c3ccccc3C=NN12. The van der Waals surface area contributed by atoms with Gasteiger partial charge in [-0.1, -0.05) is 48.0 Å². The summed E-state index contributed by atoms with van der Waals surface area (Å²) in [5.74, 6) is -4.28. The number of para-hydroxylation sites is 1. The second-order valence-electron chi connectivity index (χ2n) is 8.65. The highest BCUT2D eigenvalue weighted by Gasteiger charge is 2.65. The predicted octanol–water partition coefficient (Wildman–Crippen LogP) is 4.00. The number of anilines is 2. The van der Waals surface area contributed by atoms with Crippen LogP contribution in [0.1, 0.15) is 17.2 Å². The molecule has 9 heteroatoms. The minimum absolute atomic E-state index is 0.118. The fourth-order valence-corrected chi connectivity index (χ4v) is 5.41. The number of nitrogens with one attached hydrogen (secondary N) is 1. The Hall–Kier alpha value is -4.04. The number of nitrogens with zero attached hydrogens (tertiary/aromatic N) is 3. The van der Waals surface area contributed by atoms with Crippen LogP contribution in [0.3, 0.4) is 0 Å². The van der Waals surface area contributed by atoms with Crippen molar-refractivity contribution in [2.45, 2.75) is 12.1 Å². The van der Waals surface area contributed by atoms with Crippen molar-refractivity contribution in [1.29, 1.82) is 0 Å². The Morgan fingerprint density at radius 1 is 0.914 bits per heavy atom. The number of benzene rings is 3. The molecule has 0 saturated carbocycles. The second-order valence-corrected chi connectivity index (χ2v) is 9.09. The van der Waals surface area contributed by atoms with Crippen LogP contribution in [0.25, 0.3) is 0 Å². The van der Waals surface area contributed by atoms with Crippen LogP contribution in [0.15, 0.2) is 77.9 Å². The molecule has 3 heterocycles. The van der Waals surface area contributed by atoms with E-state index in [2.05, 4.69) is 10.4 Å². The third-order valence-electron chi connectivity index (χ3n) is 6.77. The molecule has 0 bridgehead atoms. The number of hydrogen-bond donors (Lipinski definition) is 1. The maximum atomic E-state index is 14.6. The molecule has 3 aromatic carbocycles. The van der Waals surface area contributed by atoms with Crippen molar-refractivity contribution in [2.75, 3.05) is 10.2 Å². The molecular weight excluding hydrogens is 471 g/mol. The van der Waals surface area contributed by atoms with Gasteiger partial charge >= 0.3 is 0 Å². The lowest BCUT2D eigenvalue weighted by molar-refractivity contribution is -0.129. The molecule has 4 atom stereocenters. The van der Waals surface area contributed by atoms with E-state index in [1.165, 1.54) is 23.2 Å². The monoisotopic (exact) mass is 488 g/mol. The first-order valence-electron chi connectivity index (χ1n) is 11.1. The molecule has 1 N–H and O–H groups in total. The number of imide groups is 1. The summed E-state index contributed by atoms with van der Waals surface area (Å²) in [6.07, 6.45) is 1.62. The van der Waals surface area contributed by atoms with Crippen molar-refractivity contribution in [3.05, 3.63) is 94.8 Å². The molecule has 3 aromatic rings. The predicted molar refractivity (Wildman–Crippen MR) is 128 cm³/mol. The molecule has 7 nitrogen and oxygen atoms in total. The minimum atomic E-state index is -1.07. The van der Waals surface area contributed by atoms with Crippen LogP contribution in [0, 0.1) is 17.7 Å². The molecule has 3 aliphatic rings. The van der Waals surface area contributed by atoms with E-state index < -0.39 is 47.5 Å². The molecule has 0 spiro atoms. The normalized spacial score (nSPS) is 24.3. The van der Waals surface area contributed by atoms with Crippen LogP contribution in [0.5, 0.6) is 0 Å². The molecule has 0 aliphatic carbocycles. The summed E-state index contributed by atoms with van der Waals surface area (Å²) < 4.78 is 14.6. The molecule has 4 unspecified atom stereocenters. The number of rotatable bonds is 3. The summed E-state index contributed by atoms with van der Waals surface area (Å²) in [4.78, 5) is 41.8. The highest BCUT2D eigenvalue weighted by molar-refractivity contribution is 6.30. The topological polar surface area (TPSA) is 82.1 Å². The van der Waals surface area contributed by atoms with E-state index in [4.69, 9.17) is 11.6 Å². The largest absolute Gasteiger partial charge is 0.324 e. The number of hydrogen-bond acceptors (Lipinski definition) is 5. The number of fused-ring (bicyclic) bond motifs is 5. The zero-order chi connectivity index (χ0) is 24.3. The van der Waals surface area contributed by atoms with Crippen LogP contribution in [-0.2, 0) is 14.4 Å². The van der Waals surface area contributed by atoms with Crippen LogP contribution >= 0.6 is 11.6 Å². The van der Waals surface area contributed by atoms with Crippen LogP contribution in [0.2, 0.25) is 5.02 Å². The molecule has 3 amide bonds. The van der Waals surface area contributed by atoms with Gasteiger partial charge in [-0.05, 0) is 47.5 Å². The summed E-state index contributed by atoms with van der Waals surface area (Å²) in [5, 5.41) is 9.35. The van der Waals surface area contributed by atoms with Gasteiger partial charge in [0.2, 0.25) is 17.7 Å². The Balaban J connectivity index is 1.45. The lowest BCUT2D eigenvalue weighted by Gasteiger charge is -2.33. The zero-order valence-corrected chi connectivity index (χ0v) is 18.9. The van der Waals surface area contributed by atoms with Crippen molar-refractivity contribution in [1.82, 2.24) is 5.01 Å². The molecule has 35 heavy (non-hydrogen) atoms. The van der Waals surface area contributed by atoms with Crippen molar-refractivity contribution < 1.29 is 18.8 Å². The lowest BCUT2D eigenvalue weighted by atomic mass is 9.85. The average molecular weight is 489 g/mol. The minimum Gasteiger partial charge on any atom is -0.324 e. The number of amides is 3. The Morgan fingerprint density at radius 3 is 2.37 bits per heavy atom. The molecule has 6 rings (SSSR count). The molecule has 0 aromatic heterocycles. The molecular formula is C26H18ClFN4O3. The van der Waals surface area contributed by atoms with Crippen LogP contribution in [0.4, 0.5) is 15.8 Å². The lowest BCUT2D eigenvalue weighted by Crippen LogP contribution is -2.46. The van der Waals surface area contributed by atoms with Gasteiger partial charge in [0, 0.05) is 10.7 Å². The van der Waals surface area contributed by atoms with Crippen molar-refractivity contribution in [3.8, 4) is 0 Å². The fourth-order valence-electron chi connectivity index (χ4n) is 5.29. The zero-order valence-electron chi connectivity index (χ0n) is 18.1. The van der Waals surface area contributed by atoms with Gasteiger partial charge in [-0.25, -0.2) is 9.29 Å². The third-order valence-corrected chi connectivity index (χ3v) is 7.02. The van der Waals surface area contributed by atoms with Gasteiger partial charge in [0.1, 0.15) is 11.9 Å². The van der Waals surface area contributed by atoms with E-state index in [1.54, 1.807) is 36.5 Å². The summed E-state index contributed by atoms with van der Waals surface area (Å²) >= 11 is 5.95. The smallest absolute Gasteiger partial charge is 0.249 e. The maximum absolute atomic E-state index is 14.6. The van der Waals surface area contributed by atoms with Gasteiger partial charge in [-0.15, -0.1) is 0 Å². The first kappa shape index (κ1) is 21.5. The standard InChI is InChI=1S/C26H18ClFN4O3/c27-15-9-11-16(12-10-15)30-24(33)23-21-20(22-17-6-2-1-5-14(17)13-29-32(22)23)25(34)31(26(21)35)19-8-4-3-7-18(19)28/h1-13,20-23H,(H,30,33). The van der Waals surface area contributed by atoms with E-state index in [0.29, 0.717) is 10.7 Å². The first-order chi connectivity index (χ1) is 17.0. The van der Waals surface area contributed by atoms with Crippen molar-refractivity contribution >= 4 is 46.9 Å². The Morgan fingerprint density at radius 2 is 1.60 bits per heavy atom. The maximum Gasteiger partial charge on any atom is 0.249 e. The molecule has 2 fully saturated rings. The van der Waals surface area contributed by atoms with E-state index in [1.807, 2.05) is 24.3 Å². The number of carbonyl (C=O) groups is 3. The van der Waals surface area contributed by atoms with Crippen molar-refractivity contribution in [3.63, 3.8) is 0 Å². The van der Waals surface area contributed by atoms with E-state index in [-0.39, 0.29) is 5.69 Å². The summed E-state index contributed by atoms with van der Waals surface area (Å²) in [6.45, 7) is 0. The molecule has 3 aliphatic heterocycles. The van der Waals surface area contributed by atoms with Gasteiger partial charge in [-0.3, -0.25) is 19.4 Å². The summed E-state index contributed by atoms with van der Waals surface area (Å²) in [7, 11) is 0. The molecule has 2 saturated heterocycles. The second kappa shape index (κ2) is 8.02. The highest BCUT2D eigenvalue weighted by atomic mass is 35.5. The van der Waals surface area contributed by atoms with E-state index in [0.717, 1.165) is 16.0 Å². The third kappa shape index (κ3) is 3.24. The number of halogens is 2. The number of hydrazone groups is 1. The summed E-state index contributed by atoms with van der Waals surface area (Å²) in [6, 6.07) is 17.9. The van der Waals surface area contributed by atoms with Gasteiger partial charge in [0.05, 0.1) is 29.8 Å². The van der Waals surface area contributed by atoms with Gasteiger partial charge in [0.25, 0.3) is 0 Å². The first-order valence-corrected chi connectivity index (χ1v) is 11.4. The molecule has 174 valence electrons. The fraction of sp³-hybridized carbons (Fsp3) is 0.154. The van der Waals surface area contributed by atoms with Gasteiger partial charge < -0.3 is 5.32 Å². The van der Waals surface area contributed by atoms with Gasteiger partial charge in [-0.2, -0.15) is 5.10 Å². The quantitative estimate of drug-likeness (QED) is 0.565. The number of carbonyl (C=O) groups excluding carboxylic acids is 3. The highest BCUT2D eigenvalue weighted by Crippen LogP contribution is 2.52. The van der Waals surface area contributed by atoms with E-state index >= 15 is 0 Å². The average Bonchev–Trinajstić information content (AvgIpc) is 3.34. The van der Waals surface area contributed by atoms with Crippen LogP contribution < -0.4 is 10.2 Å².